The summed E-state index contributed by atoms with van der Waals surface area (Å²) in [5, 5.41) is 3.40. The maximum absolute atomic E-state index is 14.1. The zero-order valence-corrected chi connectivity index (χ0v) is 24.8. The highest BCUT2D eigenvalue weighted by Gasteiger charge is 2.33. The predicted octanol–water partition coefficient (Wildman–Crippen LogP) is 4.53. The van der Waals surface area contributed by atoms with E-state index in [9.17, 15) is 18.0 Å². The number of hydrogen-bond donors (Lipinski definition) is 1. The molecule has 10 heteroatoms. The lowest BCUT2D eigenvalue weighted by Gasteiger charge is -2.34. The highest BCUT2D eigenvalue weighted by molar-refractivity contribution is 7.92. The summed E-state index contributed by atoms with van der Waals surface area (Å²) >= 11 is 6.47. The normalized spacial score (nSPS) is 12.1. The van der Waals surface area contributed by atoms with E-state index < -0.39 is 28.5 Å². The van der Waals surface area contributed by atoms with Gasteiger partial charge >= 0.3 is 0 Å². The van der Waals surface area contributed by atoms with Gasteiger partial charge in [-0.3, -0.25) is 13.9 Å². The summed E-state index contributed by atoms with van der Waals surface area (Å²) in [5.41, 5.74) is 1.81. The molecule has 2 amide bonds. The van der Waals surface area contributed by atoms with Crippen LogP contribution >= 0.6 is 11.6 Å². The van der Waals surface area contributed by atoms with Gasteiger partial charge in [0.05, 0.1) is 19.1 Å². The van der Waals surface area contributed by atoms with Crippen LogP contribution in [-0.2, 0) is 32.6 Å². The van der Waals surface area contributed by atoms with Crippen LogP contribution in [0.2, 0.25) is 5.02 Å². The number of ether oxygens (including phenoxy) is 1. The molecule has 3 rings (SSSR count). The average molecular weight is 586 g/mol. The minimum absolute atomic E-state index is 0.0192. The van der Waals surface area contributed by atoms with E-state index in [1.165, 1.54) is 12.0 Å². The second-order valence-corrected chi connectivity index (χ2v) is 12.2. The largest absolute Gasteiger partial charge is 0.497 e. The zero-order chi connectivity index (χ0) is 29.3. The molecule has 0 radical (unpaired) electrons. The second kappa shape index (κ2) is 14.2. The fourth-order valence-corrected chi connectivity index (χ4v) is 5.19. The molecule has 0 saturated carbocycles. The Morgan fingerprint density at radius 1 is 0.950 bits per heavy atom. The Bertz CT molecular complexity index is 1380. The van der Waals surface area contributed by atoms with Crippen LogP contribution in [0.3, 0.4) is 0 Å². The number of benzene rings is 3. The van der Waals surface area contributed by atoms with Crippen LogP contribution in [0.5, 0.6) is 5.75 Å². The van der Waals surface area contributed by atoms with Crippen molar-refractivity contribution in [1.82, 2.24) is 10.2 Å². The van der Waals surface area contributed by atoms with Crippen molar-refractivity contribution in [2.45, 2.75) is 32.9 Å². The SMILES string of the molecule is COc1ccc(N(CC(=O)N(Cc2ccccc2Cl)[C@H](Cc2ccccc2)C(=O)NCC(C)C)S(C)(=O)=O)cc1. The van der Waals surface area contributed by atoms with Crippen LogP contribution in [0.1, 0.15) is 25.0 Å². The number of hydrogen-bond acceptors (Lipinski definition) is 5. The van der Waals surface area contributed by atoms with E-state index in [4.69, 9.17) is 16.3 Å². The van der Waals surface area contributed by atoms with Crippen molar-refractivity contribution in [3.05, 3.63) is 95.0 Å². The molecule has 214 valence electrons. The van der Waals surface area contributed by atoms with Gasteiger partial charge in [0, 0.05) is 24.5 Å². The Morgan fingerprint density at radius 2 is 1.57 bits per heavy atom. The molecule has 40 heavy (non-hydrogen) atoms. The molecule has 0 spiro atoms. The average Bonchev–Trinajstić information content (AvgIpc) is 2.93. The molecule has 8 nitrogen and oxygen atoms in total. The first-order chi connectivity index (χ1) is 19.0. The fraction of sp³-hybridized carbons (Fsp3) is 0.333. The van der Waals surface area contributed by atoms with Gasteiger partial charge in [0.25, 0.3) is 0 Å². The Kier molecular flexibility index (Phi) is 11.0. The monoisotopic (exact) mass is 585 g/mol. The van der Waals surface area contributed by atoms with Crippen molar-refractivity contribution >= 4 is 39.1 Å². The van der Waals surface area contributed by atoms with Crippen molar-refractivity contribution in [1.29, 1.82) is 0 Å². The first kappa shape index (κ1) is 31.0. The minimum Gasteiger partial charge on any atom is -0.497 e. The van der Waals surface area contributed by atoms with Gasteiger partial charge in [-0.05, 0) is 47.4 Å². The molecule has 0 aliphatic rings. The molecule has 0 fully saturated rings. The van der Waals surface area contributed by atoms with Crippen LogP contribution < -0.4 is 14.4 Å². The van der Waals surface area contributed by atoms with E-state index in [1.54, 1.807) is 48.5 Å². The number of carbonyl (C=O) groups is 2. The molecule has 3 aromatic carbocycles. The van der Waals surface area contributed by atoms with Crippen LogP contribution in [0.15, 0.2) is 78.9 Å². The maximum Gasteiger partial charge on any atom is 0.244 e. The Balaban J connectivity index is 2.04. The van der Waals surface area contributed by atoms with Crippen molar-refractivity contribution in [3.8, 4) is 5.75 Å². The molecule has 0 bridgehead atoms. The van der Waals surface area contributed by atoms with Gasteiger partial charge in [0.1, 0.15) is 18.3 Å². The second-order valence-electron chi connectivity index (χ2n) is 9.93. The quantitative estimate of drug-likeness (QED) is 0.318. The van der Waals surface area contributed by atoms with Crippen molar-refractivity contribution in [3.63, 3.8) is 0 Å². The fourth-order valence-electron chi connectivity index (χ4n) is 4.15. The van der Waals surface area contributed by atoms with Crippen LogP contribution in [0.25, 0.3) is 0 Å². The first-order valence-corrected chi connectivity index (χ1v) is 15.2. The lowest BCUT2D eigenvalue weighted by atomic mass is 10.0. The third-order valence-corrected chi connectivity index (χ3v) is 7.80. The lowest BCUT2D eigenvalue weighted by molar-refractivity contribution is -0.140. The molecular formula is C30H36ClN3O5S. The van der Waals surface area contributed by atoms with E-state index in [0.29, 0.717) is 28.6 Å². The minimum atomic E-state index is -3.86. The molecular weight excluding hydrogens is 550 g/mol. The number of rotatable bonds is 13. The van der Waals surface area contributed by atoms with Crippen LogP contribution in [0, 0.1) is 5.92 Å². The van der Waals surface area contributed by atoms with E-state index in [1.807, 2.05) is 44.2 Å². The smallest absolute Gasteiger partial charge is 0.244 e. The third-order valence-electron chi connectivity index (χ3n) is 6.29. The molecule has 0 unspecified atom stereocenters. The van der Waals surface area contributed by atoms with Gasteiger partial charge in [-0.25, -0.2) is 8.42 Å². The van der Waals surface area contributed by atoms with E-state index in [2.05, 4.69) is 5.32 Å². The molecule has 0 aliphatic carbocycles. The number of halogens is 1. The first-order valence-electron chi connectivity index (χ1n) is 13.0. The van der Waals surface area contributed by atoms with Crippen LogP contribution in [-0.4, -0.2) is 57.6 Å². The standard InChI is InChI=1S/C30H36ClN3O5S/c1-22(2)19-32-30(36)28(18-23-10-6-5-7-11-23)33(20-24-12-8-9-13-27(24)31)29(35)21-34(40(4,37)38)25-14-16-26(39-3)17-15-25/h5-17,22,28H,18-21H2,1-4H3,(H,32,36)/t28-/m1/s1. The number of sulfonamides is 1. The summed E-state index contributed by atoms with van der Waals surface area (Å²) in [6.45, 7) is 3.92. The molecule has 1 N–H and O–H groups in total. The molecule has 1 atom stereocenters. The molecule has 0 aromatic heterocycles. The summed E-state index contributed by atoms with van der Waals surface area (Å²) in [4.78, 5) is 29.1. The molecule has 3 aromatic rings. The van der Waals surface area contributed by atoms with Gasteiger partial charge in [-0.15, -0.1) is 0 Å². The number of anilines is 1. The molecule has 0 saturated heterocycles. The predicted molar refractivity (Wildman–Crippen MR) is 159 cm³/mol. The Morgan fingerprint density at radius 3 is 2.15 bits per heavy atom. The number of methoxy groups -OCH3 is 1. The number of carbonyl (C=O) groups excluding carboxylic acids is 2. The summed E-state index contributed by atoms with van der Waals surface area (Å²) in [6, 6.07) is 21.9. The van der Waals surface area contributed by atoms with Gasteiger partial charge in [-0.2, -0.15) is 0 Å². The summed E-state index contributed by atoms with van der Waals surface area (Å²) in [7, 11) is -2.34. The van der Waals surface area contributed by atoms with Gasteiger partial charge in [0.2, 0.25) is 21.8 Å². The topological polar surface area (TPSA) is 96.0 Å². The number of nitrogens with one attached hydrogen (secondary N) is 1. The summed E-state index contributed by atoms with van der Waals surface area (Å²) in [5.74, 6) is -0.117. The Hall–Kier alpha value is -3.56. The zero-order valence-electron chi connectivity index (χ0n) is 23.2. The van der Waals surface area contributed by atoms with Crippen molar-refractivity contribution in [2.24, 2.45) is 5.92 Å². The van der Waals surface area contributed by atoms with E-state index in [-0.39, 0.29) is 24.8 Å². The number of nitrogens with zero attached hydrogens (tertiary/aromatic N) is 2. The molecule has 0 aliphatic heterocycles. The highest BCUT2D eigenvalue weighted by atomic mass is 35.5. The van der Waals surface area contributed by atoms with Crippen molar-refractivity contribution < 1.29 is 22.7 Å². The highest BCUT2D eigenvalue weighted by Crippen LogP contribution is 2.24. The number of amides is 2. The van der Waals surface area contributed by atoms with E-state index >= 15 is 0 Å². The van der Waals surface area contributed by atoms with Crippen molar-refractivity contribution in [2.75, 3.05) is 30.8 Å². The summed E-state index contributed by atoms with van der Waals surface area (Å²) < 4.78 is 31.9. The van der Waals surface area contributed by atoms with E-state index in [0.717, 1.165) is 16.1 Å². The van der Waals surface area contributed by atoms with Crippen LogP contribution in [0.4, 0.5) is 5.69 Å². The van der Waals surface area contributed by atoms with Gasteiger partial charge in [0.15, 0.2) is 0 Å². The molecule has 0 heterocycles. The maximum atomic E-state index is 14.1. The van der Waals surface area contributed by atoms with Gasteiger partial charge in [-0.1, -0.05) is 74.0 Å². The Labute approximate surface area is 241 Å². The van der Waals surface area contributed by atoms with Gasteiger partial charge < -0.3 is 15.0 Å². The third kappa shape index (κ3) is 8.72. The summed E-state index contributed by atoms with van der Waals surface area (Å²) in [6.07, 6.45) is 1.28. The lowest BCUT2D eigenvalue weighted by Crippen LogP contribution is -2.53.